The van der Waals surface area contributed by atoms with E-state index in [1.54, 1.807) is 0 Å². The minimum absolute atomic E-state index is 0.206. The van der Waals surface area contributed by atoms with Crippen molar-refractivity contribution in [3.63, 3.8) is 0 Å². The third kappa shape index (κ3) is 3.52. The third-order valence-corrected chi connectivity index (χ3v) is 5.09. The monoisotopic (exact) mass is 263 g/mol. The largest absolute Gasteiger partial charge is 0.295 e. The Kier molecular flexibility index (Phi) is 4.74. The summed E-state index contributed by atoms with van der Waals surface area (Å²) in [6, 6.07) is 11.4. The van der Waals surface area contributed by atoms with Gasteiger partial charge in [-0.05, 0) is 25.8 Å². The van der Waals surface area contributed by atoms with Crippen molar-refractivity contribution in [3.05, 3.63) is 35.9 Å². The maximum Gasteiger partial charge on any atom is 0.0596 e. The van der Waals surface area contributed by atoms with E-state index in [-0.39, 0.29) is 4.87 Å². The van der Waals surface area contributed by atoms with Gasteiger partial charge in [0.05, 0.1) is 4.87 Å². The molecule has 1 fully saturated rings. The molecule has 100 valence electrons. The van der Waals surface area contributed by atoms with Gasteiger partial charge in [0.1, 0.15) is 0 Å². The van der Waals surface area contributed by atoms with Crippen molar-refractivity contribution in [3.8, 4) is 0 Å². The van der Waals surface area contributed by atoms with Crippen molar-refractivity contribution < 1.29 is 0 Å². The molecule has 2 heteroatoms. The molecule has 0 radical (unpaired) electrons. The molecule has 2 atom stereocenters. The number of benzene rings is 1. The lowest BCUT2D eigenvalue weighted by atomic mass is 9.99. The Labute approximate surface area is 116 Å². The maximum absolute atomic E-state index is 3.79. The van der Waals surface area contributed by atoms with Crippen LogP contribution in [0, 0.1) is 0 Å². The van der Waals surface area contributed by atoms with Crippen LogP contribution in [-0.4, -0.2) is 10.1 Å². The number of hydrogen-bond donors (Lipinski definition) is 1. The van der Waals surface area contributed by atoms with Gasteiger partial charge in [-0.2, -0.15) is 0 Å². The molecule has 0 aliphatic carbocycles. The third-order valence-electron chi connectivity index (χ3n) is 3.57. The Hall–Kier alpha value is -0.470. The molecule has 1 saturated heterocycles. The summed E-state index contributed by atoms with van der Waals surface area (Å²) in [6.07, 6.45) is 5.35. The van der Waals surface area contributed by atoms with Crippen molar-refractivity contribution in [1.29, 1.82) is 0 Å². The van der Waals surface area contributed by atoms with Crippen LogP contribution in [0.15, 0.2) is 30.3 Å². The smallest absolute Gasteiger partial charge is 0.0596 e. The number of hydrogen-bond acceptors (Lipinski definition) is 2. The van der Waals surface area contributed by atoms with Crippen LogP contribution >= 0.6 is 11.8 Å². The zero-order valence-electron chi connectivity index (χ0n) is 11.8. The highest BCUT2D eigenvalue weighted by Crippen LogP contribution is 2.44. The first-order chi connectivity index (χ1) is 8.62. The van der Waals surface area contributed by atoms with Crippen molar-refractivity contribution in [2.24, 2.45) is 0 Å². The first kappa shape index (κ1) is 14.0. The van der Waals surface area contributed by atoms with E-state index in [0.29, 0.717) is 11.3 Å². The normalized spacial score (nSPS) is 26.4. The van der Waals surface area contributed by atoms with Gasteiger partial charge in [-0.15, -0.1) is 11.8 Å². The molecule has 1 aromatic carbocycles. The highest BCUT2D eigenvalue weighted by atomic mass is 32.2. The average Bonchev–Trinajstić information content (AvgIpc) is 2.66. The van der Waals surface area contributed by atoms with Crippen molar-refractivity contribution in [2.75, 3.05) is 0 Å². The summed E-state index contributed by atoms with van der Waals surface area (Å²) >= 11 is 2.11. The quantitative estimate of drug-likeness (QED) is 0.769. The fourth-order valence-corrected chi connectivity index (χ4v) is 4.33. The Balaban J connectivity index is 2.06. The van der Waals surface area contributed by atoms with Gasteiger partial charge in [0.25, 0.3) is 0 Å². The maximum atomic E-state index is 3.79. The Morgan fingerprint density at radius 3 is 2.56 bits per heavy atom. The predicted molar refractivity (Wildman–Crippen MR) is 81.9 cm³/mol. The molecule has 0 amide bonds. The minimum atomic E-state index is 0.206. The van der Waals surface area contributed by atoms with E-state index >= 15 is 0 Å². The van der Waals surface area contributed by atoms with Gasteiger partial charge in [0.15, 0.2) is 0 Å². The zero-order chi connectivity index (χ0) is 13.0. The molecule has 1 N–H and O–H groups in total. The van der Waals surface area contributed by atoms with Crippen LogP contribution < -0.4 is 5.32 Å². The molecular formula is C16H25NS. The summed E-state index contributed by atoms with van der Waals surface area (Å²) in [5.41, 5.74) is 1.44. The number of thioether (sulfide) groups is 1. The standard InChI is InChI=1S/C16H25NS/c1-4-5-7-12-14-15(17-16(2,3)18-14)13-10-8-6-9-11-13/h6,8-11,14-15,17H,4-5,7,12H2,1-3H3/t14-,15-/m0/s1. The second-order valence-corrected chi connectivity index (χ2v) is 7.56. The van der Waals surface area contributed by atoms with E-state index in [9.17, 15) is 0 Å². The second-order valence-electron chi connectivity index (χ2n) is 5.70. The molecule has 2 rings (SSSR count). The number of rotatable bonds is 5. The summed E-state index contributed by atoms with van der Waals surface area (Å²) in [7, 11) is 0. The molecule has 1 aromatic rings. The molecule has 0 spiro atoms. The van der Waals surface area contributed by atoms with Gasteiger partial charge < -0.3 is 0 Å². The van der Waals surface area contributed by atoms with Gasteiger partial charge >= 0.3 is 0 Å². The van der Waals surface area contributed by atoms with Crippen LogP contribution in [0.3, 0.4) is 0 Å². The van der Waals surface area contributed by atoms with Gasteiger partial charge in [-0.25, -0.2) is 0 Å². The summed E-state index contributed by atoms with van der Waals surface area (Å²) in [6.45, 7) is 6.87. The second kappa shape index (κ2) is 6.12. The van der Waals surface area contributed by atoms with Crippen molar-refractivity contribution in [2.45, 2.75) is 62.6 Å². The molecular weight excluding hydrogens is 238 g/mol. The van der Waals surface area contributed by atoms with E-state index in [4.69, 9.17) is 0 Å². The first-order valence-electron chi connectivity index (χ1n) is 7.13. The van der Waals surface area contributed by atoms with E-state index in [0.717, 1.165) is 0 Å². The summed E-state index contributed by atoms with van der Waals surface area (Å²) in [5.74, 6) is 0. The lowest BCUT2D eigenvalue weighted by molar-refractivity contribution is 0.459. The SMILES string of the molecule is CCCCC[C@@H]1SC(C)(C)N[C@H]1c1ccccc1. The number of nitrogens with one attached hydrogen (secondary N) is 1. The Morgan fingerprint density at radius 1 is 1.17 bits per heavy atom. The van der Waals surface area contributed by atoms with Crippen molar-refractivity contribution >= 4 is 11.8 Å². The zero-order valence-corrected chi connectivity index (χ0v) is 12.6. The summed E-state index contributed by atoms with van der Waals surface area (Å²) in [5, 5.41) is 4.50. The number of unbranched alkanes of at least 4 members (excludes halogenated alkanes) is 2. The first-order valence-corrected chi connectivity index (χ1v) is 8.01. The topological polar surface area (TPSA) is 12.0 Å². The van der Waals surface area contributed by atoms with Crippen LogP contribution in [0.25, 0.3) is 0 Å². The molecule has 18 heavy (non-hydrogen) atoms. The fraction of sp³-hybridized carbons (Fsp3) is 0.625. The van der Waals surface area contributed by atoms with Crippen LogP contribution in [0.2, 0.25) is 0 Å². The van der Waals surface area contributed by atoms with Crippen LogP contribution in [0.1, 0.15) is 58.1 Å². The fourth-order valence-electron chi connectivity index (χ4n) is 2.73. The van der Waals surface area contributed by atoms with Crippen LogP contribution in [0.5, 0.6) is 0 Å². The van der Waals surface area contributed by atoms with E-state index in [1.165, 1.54) is 31.2 Å². The molecule has 1 aliphatic heterocycles. The molecule has 0 aromatic heterocycles. The Morgan fingerprint density at radius 2 is 1.89 bits per heavy atom. The van der Waals surface area contributed by atoms with Gasteiger partial charge in [0, 0.05) is 11.3 Å². The van der Waals surface area contributed by atoms with Gasteiger partial charge in [-0.1, -0.05) is 56.5 Å². The summed E-state index contributed by atoms with van der Waals surface area (Å²) < 4.78 is 0. The Bertz CT molecular complexity index is 361. The molecule has 0 bridgehead atoms. The van der Waals surface area contributed by atoms with E-state index in [2.05, 4.69) is 68.2 Å². The summed E-state index contributed by atoms with van der Waals surface area (Å²) in [4.78, 5) is 0.206. The highest BCUT2D eigenvalue weighted by molar-refractivity contribution is 8.01. The predicted octanol–water partition coefficient (Wildman–Crippen LogP) is 4.75. The van der Waals surface area contributed by atoms with Gasteiger partial charge in [-0.3, -0.25) is 5.32 Å². The van der Waals surface area contributed by atoms with Crippen LogP contribution in [-0.2, 0) is 0 Å². The lowest BCUT2D eigenvalue weighted by Gasteiger charge is -2.19. The molecule has 0 saturated carbocycles. The molecule has 1 heterocycles. The lowest BCUT2D eigenvalue weighted by Crippen LogP contribution is -2.32. The molecule has 0 unspecified atom stereocenters. The van der Waals surface area contributed by atoms with E-state index < -0.39 is 0 Å². The highest BCUT2D eigenvalue weighted by Gasteiger charge is 2.39. The molecule has 1 aliphatic rings. The molecule has 1 nitrogen and oxygen atoms in total. The van der Waals surface area contributed by atoms with Crippen molar-refractivity contribution in [1.82, 2.24) is 5.32 Å². The van der Waals surface area contributed by atoms with Gasteiger partial charge in [0.2, 0.25) is 0 Å². The minimum Gasteiger partial charge on any atom is -0.295 e. The average molecular weight is 263 g/mol. The van der Waals surface area contributed by atoms with E-state index in [1.807, 2.05) is 0 Å². The van der Waals surface area contributed by atoms with Crippen LogP contribution in [0.4, 0.5) is 0 Å².